The molecule has 7 heteroatoms. The number of nitrogen functional groups attached to an aromatic ring is 1. The predicted molar refractivity (Wildman–Crippen MR) is 92.6 cm³/mol. The predicted octanol–water partition coefficient (Wildman–Crippen LogP) is 3.55. The molecule has 0 spiro atoms. The number of thiazole rings is 1. The second-order valence-electron chi connectivity index (χ2n) is 4.55. The summed E-state index contributed by atoms with van der Waals surface area (Å²) in [5.74, 6) is 0.478. The van der Waals surface area contributed by atoms with Crippen molar-refractivity contribution in [1.82, 2.24) is 9.88 Å². The van der Waals surface area contributed by atoms with Crippen molar-refractivity contribution in [2.45, 2.75) is 17.7 Å². The van der Waals surface area contributed by atoms with Crippen LogP contribution in [0.4, 0.5) is 5.13 Å². The molecule has 1 amide bonds. The molecule has 0 saturated heterocycles. The number of hydrogen-bond donors (Lipinski definition) is 1. The zero-order valence-corrected chi connectivity index (χ0v) is 15.0. The van der Waals surface area contributed by atoms with Gasteiger partial charge in [0.25, 0.3) is 0 Å². The van der Waals surface area contributed by atoms with Crippen LogP contribution in [0.5, 0.6) is 0 Å². The lowest BCUT2D eigenvalue weighted by Gasteiger charge is -2.17. The molecule has 0 aliphatic carbocycles. The van der Waals surface area contributed by atoms with Gasteiger partial charge in [-0.2, -0.15) is 0 Å². The molecule has 2 rings (SSSR count). The maximum Gasteiger partial charge on any atom is 0.233 e. The highest BCUT2D eigenvalue weighted by atomic mass is 79.9. The van der Waals surface area contributed by atoms with E-state index in [4.69, 9.17) is 5.73 Å². The Hall–Kier alpha value is -1.05. The van der Waals surface area contributed by atoms with Crippen molar-refractivity contribution in [2.24, 2.45) is 0 Å². The number of carbonyl (C=O) groups excluding carboxylic acids is 1. The fourth-order valence-corrected chi connectivity index (χ4v) is 4.12. The second-order valence-corrected chi connectivity index (χ2v) is 7.68. The van der Waals surface area contributed by atoms with E-state index >= 15 is 0 Å². The van der Waals surface area contributed by atoms with Gasteiger partial charge in [-0.1, -0.05) is 45.5 Å². The molecule has 21 heavy (non-hydrogen) atoms. The number of nitrogens with zero attached hydrogens (tertiary/aromatic N) is 2. The van der Waals surface area contributed by atoms with Crippen LogP contribution in [0.1, 0.15) is 11.3 Å². The van der Waals surface area contributed by atoms with Gasteiger partial charge in [0.1, 0.15) is 0 Å². The molecule has 1 heterocycles. The van der Waals surface area contributed by atoms with Crippen molar-refractivity contribution in [2.75, 3.05) is 18.5 Å². The summed E-state index contributed by atoms with van der Waals surface area (Å²) in [5.41, 5.74) is 7.64. The summed E-state index contributed by atoms with van der Waals surface area (Å²) in [6.45, 7) is 2.50. The summed E-state index contributed by atoms with van der Waals surface area (Å²) >= 11 is 6.42. The number of anilines is 1. The van der Waals surface area contributed by atoms with E-state index in [1.807, 2.05) is 38.2 Å². The molecule has 0 radical (unpaired) electrons. The first-order valence-electron chi connectivity index (χ1n) is 6.30. The van der Waals surface area contributed by atoms with Gasteiger partial charge in [-0.3, -0.25) is 4.79 Å². The van der Waals surface area contributed by atoms with Crippen LogP contribution in [-0.2, 0) is 11.3 Å². The van der Waals surface area contributed by atoms with Crippen molar-refractivity contribution in [3.63, 3.8) is 0 Å². The number of carbonyl (C=O) groups is 1. The standard InChI is InChI=1S/C14H16BrN3OS2/c1-9-13(21-14(16)17-9)20-8-12(19)18(2)7-10-5-3-4-6-11(10)15/h3-6H,7-8H2,1-2H3,(H2,16,17). The Morgan fingerprint density at radius 1 is 1.48 bits per heavy atom. The summed E-state index contributed by atoms with van der Waals surface area (Å²) in [4.78, 5) is 18.1. The number of thioether (sulfide) groups is 1. The number of hydrogen-bond acceptors (Lipinski definition) is 5. The first-order chi connectivity index (χ1) is 9.97. The average Bonchev–Trinajstić information content (AvgIpc) is 2.76. The van der Waals surface area contributed by atoms with Crippen LogP contribution in [0.3, 0.4) is 0 Å². The van der Waals surface area contributed by atoms with Gasteiger partial charge in [-0.05, 0) is 18.6 Å². The molecule has 0 aliphatic heterocycles. The zero-order valence-electron chi connectivity index (χ0n) is 11.8. The zero-order chi connectivity index (χ0) is 15.4. The molecular formula is C14H16BrN3OS2. The van der Waals surface area contributed by atoms with Crippen LogP contribution in [0, 0.1) is 6.92 Å². The average molecular weight is 386 g/mol. The van der Waals surface area contributed by atoms with Crippen molar-refractivity contribution >= 4 is 50.1 Å². The maximum atomic E-state index is 12.2. The molecule has 4 nitrogen and oxygen atoms in total. The Bertz CT molecular complexity index is 645. The second kappa shape index (κ2) is 7.29. The van der Waals surface area contributed by atoms with Gasteiger partial charge in [-0.15, -0.1) is 11.8 Å². The third kappa shape index (κ3) is 4.46. The normalized spacial score (nSPS) is 10.6. The van der Waals surface area contributed by atoms with Crippen LogP contribution in [0.2, 0.25) is 0 Å². The highest BCUT2D eigenvalue weighted by Gasteiger charge is 2.13. The minimum absolute atomic E-state index is 0.0853. The Balaban J connectivity index is 1.91. The molecule has 0 bridgehead atoms. The van der Waals surface area contributed by atoms with Gasteiger partial charge in [0.05, 0.1) is 15.7 Å². The van der Waals surface area contributed by atoms with Gasteiger partial charge in [-0.25, -0.2) is 4.98 Å². The van der Waals surface area contributed by atoms with Crippen molar-refractivity contribution in [3.05, 3.63) is 40.0 Å². The van der Waals surface area contributed by atoms with E-state index in [1.165, 1.54) is 23.1 Å². The van der Waals surface area contributed by atoms with E-state index in [-0.39, 0.29) is 5.91 Å². The number of amides is 1. The molecule has 0 aliphatic rings. The maximum absolute atomic E-state index is 12.2. The Labute approximate surface area is 140 Å². The summed E-state index contributed by atoms with van der Waals surface area (Å²) in [6.07, 6.45) is 0. The third-order valence-corrected chi connectivity index (χ3v) is 6.00. The van der Waals surface area contributed by atoms with Crippen LogP contribution < -0.4 is 5.73 Å². The van der Waals surface area contributed by atoms with Gasteiger partial charge >= 0.3 is 0 Å². The van der Waals surface area contributed by atoms with Crippen LogP contribution in [0.25, 0.3) is 0 Å². The lowest BCUT2D eigenvalue weighted by atomic mass is 10.2. The molecule has 0 fully saturated rings. The molecule has 1 aromatic heterocycles. The molecule has 0 saturated carbocycles. The summed E-state index contributed by atoms with van der Waals surface area (Å²) in [7, 11) is 1.82. The van der Waals surface area contributed by atoms with Gasteiger partial charge in [0, 0.05) is 18.1 Å². The number of benzene rings is 1. The Kier molecular flexibility index (Phi) is 5.66. The quantitative estimate of drug-likeness (QED) is 0.799. The van der Waals surface area contributed by atoms with Crippen molar-refractivity contribution in [1.29, 1.82) is 0 Å². The van der Waals surface area contributed by atoms with E-state index in [0.717, 1.165) is 19.9 Å². The summed E-state index contributed by atoms with van der Waals surface area (Å²) < 4.78 is 2.03. The fraction of sp³-hybridized carbons (Fsp3) is 0.286. The smallest absolute Gasteiger partial charge is 0.233 e. The van der Waals surface area contributed by atoms with Gasteiger partial charge < -0.3 is 10.6 Å². The van der Waals surface area contributed by atoms with Crippen molar-refractivity contribution < 1.29 is 4.79 Å². The summed E-state index contributed by atoms with van der Waals surface area (Å²) in [5, 5.41) is 0.545. The number of aromatic nitrogens is 1. The Morgan fingerprint density at radius 3 is 2.81 bits per heavy atom. The largest absolute Gasteiger partial charge is 0.375 e. The molecule has 2 aromatic rings. The first kappa shape index (κ1) is 16.3. The lowest BCUT2D eigenvalue weighted by molar-refractivity contribution is -0.127. The van der Waals surface area contributed by atoms with Gasteiger partial charge in [0.15, 0.2) is 5.13 Å². The SMILES string of the molecule is Cc1nc(N)sc1SCC(=O)N(C)Cc1ccccc1Br. The van der Waals surface area contributed by atoms with Crippen LogP contribution in [-0.4, -0.2) is 28.6 Å². The van der Waals surface area contributed by atoms with Crippen LogP contribution >= 0.6 is 39.0 Å². The molecule has 0 unspecified atom stereocenters. The number of nitrogens with two attached hydrogens (primary N) is 1. The topological polar surface area (TPSA) is 59.2 Å². The van der Waals surface area contributed by atoms with Crippen molar-refractivity contribution in [3.8, 4) is 0 Å². The number of halogens is 1. The molecular weight excluding hydrogens is 370 g/mol. The number of aryl methyl sites for hydroxylation is 1. The molecule has 112 valence electrons. The lowest BCUT2D eigenvalue weighted by Crippen LogP contribution is -2.27. The van der Waals surface area contributed by atoms with E-state index in [9.17, 15) is 4.79 Å². The highest BCUT2D eigenvalue weighted by molar-refractivity contribution is 9.10. The van der Waals surface area contributed by atoms with Crippen LogP contribution in [0.15, 0.2) is 32.9 Å². The molecule has 1 aromatic carbocycles. The Morgan fingerprint density at radius 2 is 2.19 bits per heavy atom. The van der Waals surface area contributed by atoms with E-state index < -0.39 is 0 Å². The highest BCUT2D eigenvalue weighted by Crippen LogP contribution is 2.30. The third-order valence-electron chi connectivity index (χ3n) is 2.89. The summed E-state index contributed by atoms with van der Waals surface area (Å²) in [6, 6.07) is 7.92. The fourth-order valence-electron chi connectivity index (χ4n) is 1.74. The van der Waals surface area contributed by atoms with E-state index in [1.54, 1.807) is 4.90 Å². The molecule has 0 atom stereocenters. The molecule has 2 N–H and O–H groups in total. The number of rotatable bonds is 5. The van der Waals surface area contributed by atoms with E-state index in [0.29, 0.717) is 17.4 Å². The minimum Gasteiger partial charge on any atom is -0.375 e. The minimum atomic E-state index is 0.0853. The monoisotopic (exact) mass is 385 g/mol. The first-order valence-corrected chi connectivity index (χ1v) is 8.90. The van der Waals surface area contributed by atoms with E-state index in [2.05, 4.69) is 20.9 Å². The van der Waals surface area contributed by atoms with Gasteiger partial charge in [0.2, 0.25) is 5.91 Å².